The van der Waals surface area contributed by atoms with E-state index in [-0.39, 0.29) is 34.4 Å². The second-order valence-corrected chi connectivity index (χ2v) is 8.18. The molecule has 1 aromatic carbocycles. The molecular weight excluding hydrogens is 364 g/mol. The lowest BCUT2D eigenvalue weighted by Crippen LogP contribution is -2.18. The molecule has 1 unspecified atom stereocenters. The maximum atomic E-state index is 12.5. The minimum atomic E-state index is -3.16. The average Bonchev–Trinajstić information content (AvgIpc) is 2.84. The number of anilines is 1. The molecule has 0 spiro atoms. The van der Waals surface area contributed by atoms with Gasteiger partial charge in [-0.25, -0.2) is 18.8 Å². The number of hydrogen-bond acceptors (Lipinski definition) is 6. The van der Waals surface area contributed by atoms with Crippen molar-refractivity contribution in [3.05, 3.63) is 45.3 Å². The summed E-state index contributed by atoms with van der Waals surface area (Å²) in [4.78, 5) is 23.1. The molecule has 0 bridgehead atoms. The molecule has 4 N–H and O–H groups in total. The molecule has 0 amide bonds. The maximum Gasteiger partial charge on any atom is 0.328 e. The highest BCUT2D eigenvalue weighted by atomic mass is 35.5. The Morgan fingerprint density at radius 3 is 2.84 bits per heavy atom. The number of hydrogen-bond donors (Lipinski definition) is 3. The van der Waals surface area contributed by atoms with Gasteiger partial charge in [0, 0.05) is 10.8 Å². The summed E-state index contributed by atoms with van der Waals surface area (Å²) in [6, 6.07) is 7.09. The van der Waals surface area contributed by atoms with Crippen LogP contribution >= 0.6 is 11.6 Å². The highest BCUT2D eigenvalue weighted by Gasteiger charge is 2.19. The second-order valence-electron chi connectivity index (χ2n) is 5.62. The molecule has 3 rings (SSSR count). The molecule has 0 fully saturated rings. The van der Waals surface area contributed by atoms with Gasteiger partial charge in [0.2, 0.25) is 5.16 Å². The first-order valence-corrected chi connectivity index (χ1v) is 9.69. The topological polar surface area (TPSA) is 131 Å². The monoisotopic (exact) mass is 380 g/mol. The minimum absolute atomic E-state index is 0.00183. The van der Waals surface area contributed by atoms with Crippen molar-refractivity contribution in [3.8, 4) is 0 Å². The summed E-state index contributed by atoms with van der Waals surface area (Å²) in [7, 11) is -3.16. The SMILES string of the molecule is CCCS(=N)(=O)c1nc(N)c2[nH]c(=O)n(Cc3cccc(Cl)c3)c2n1. The van der Waals surface area contributed by atoms with E-state index in [0.717, 1.165) is 5.56 Å². The zero-order valence-electron chi connectivity index (χ0n) is 13.5. The van der Waals surface area contributed by atoms with Gasteiger partial charge in [-0.1, -0.05) is 30.7 Å². The smallest absolute Gasteiger partial charge is 0.328 e. The normalized spacial score (nSPS) is 13.8. The average molecular weight is 381 g/mol. The quantitative estimate of drug-likeness (QED) is 0.584. The van der Waals surface area contributed by atoms with Gasteiger partial charge in [-0.15, -0.1) is 0 Å². The van der Waals surface area contributed by atoms with Crippen molar-refractivity contribution in [3.63, 3.8) is 0 Å². The Kier molecular flexibility index (Phi) is 4.53. The van der Waals surface area contributed by atoms with E-state index in [1.54, 1.807) is 18.2 Å². The minimum Gasteiger partial charge on any atom is -0.382 e. The molecule has 0 radical (unpaired) electrons. The molecule has 2 aromatic heterocycles. The molecule has 132 valence electrons. The van der Waals surface area contributed by atoms with Gasteiger partial charge in [0.1, 0.15) is 15.2 Å². The number of H-pyrrole nitrogens is 1. The fourth-order valence-corrected chi connectivity index (χ4v) is 3.97. The summed E-state index contributed by atoms with van der Waals surface area (Å²) in [5, 5.41) is 0.399. The van der Waals surface area contributed by atoms with E-state index in [0.29, 0.717) is 11.4 Å². The number of rotatable bonds is 5. The Bertz CT molecular complexity index is 1100. The third-order valence-corrected chi connectivity index (χ3v) is 5.64. The number of nitrogen functional groups attached to an aromatic ring is 1. The number of nitrogens with zero attached hydrogens (tertiary/aromatic N) is 3. The van der Waals surface area contributed by atoms with Crippen LogP contribution in [0.5, 0.6) is 0 Å². The third-order valence-electron chi connectivity index (χ3n) is 3.65. The zero-order chi connectivity index (χ0) is 18.2. The lowest BCUT2D eigenvalue weighted by atomic mass is 10.2. The summed E-state index contributed by atoms with van der Waals surface area (Å²) in [5.41, 5.74) is 6.76. The molecule has 1 atom stereocenters. The van der Waals surface area contributed by atoms with Crippen LogP contribution in [0.15, 0.2) is 34.2 Å². The molecule has 0 aliphatic carbocycles. The molecule has 0 aliphatic heterocycles. The van der Waals surface area contributed by atoms with Crippen molar-refractivity contribution in [2.45, 2.75) is 25.0 Å². The van der Waals surface area contributed by atoms with Crippen molar-refractivity contribution in [1.82, 2.24) is 19.5 Å². The van der Waals surface area contributed by atoms with E-state index in [4.69, 9.17) is 22.1 Å². The Balaban J connectivity index is 2.17. The number of aromatic nitrogens is 4. The van der Waals surface area contributed by atoms with Gasteiger partial charge >= 0.3 is 5.69 Å². The Morgan fingerprint density at radius 2 is 2.16 bits per heavy atom. The van der Waals surface area contributed by atoms with E-state index in [9.17, 15) is 9.00 Å². The first kappa shape index (κ1) is 17.4. The summed E-state index contributed by atoms with van der Waals surface area (Å²) in [6.45, 7) is 2.03. The second kappa shape index (κ2) is 6.49. The van der Waals surface area contributed by atoms with Crippen molar-refractivity contribution < 1.29 is 4.21 Å². The number of fused-ring (bicyclic) bond motifs is 1. The fourth-order valence-electron chi connectivity index (χ4n) is 2.52. The van der Waals surface area contributed by atoms with Crippen molar-refractivity contribution in [1.29, 1.82) is 4.78 Å². The highest BCUT2D eigenvalue weighted by molar-refractivity contribution is 7.92. The van der Waals surface area contributed by atoms with Gasteiger partial charge in [-0.05, 0) is 24.1 Å². The van der Waals surface area contributed by atoms with Crippen LogP contribution in [0.1, 0.15) is 18.9 Å². The number of nitrogens with two attached hydrogens (primary N) is 1. The first-order valence-electron chi connectivity index (χ1n) is 7.59. The van der Waals surface area contributed by atoms with Gasteiger partial charge < -0.3 is 10.7 Å². The largest absolute Gasteiger partial charge is 0.382 e. The molecule has 10 heteroatoms. The lowest BCUT2D eigenvalue weighted by Gasteiger charge is -2.08. The van der Waals surface area contributed by atoms with E-state index in [2.05, 4.69) is 15.0 Å². The standard InChI is InChI=1S/C15H17ClN6O2S/c1-2-6-25(18,24)14-20-12(17)11-13(21-14)22(15(23)19-11)8-9-4-3-5-10(16)7-9/h3-5,7,18H,2,6,8H2,1H3,(H,19,23)(H2,17,20,21). The van der Waals surface area contributed by atoms with Gasteiger partial charge in [0.25, 0.3) is 0 Å². The van der Waals surface area contributed by atoms with Crippen molar-refractivity contribution >= 4 is 38.3 Å². The number of halogens is 1. The van der Waals surface area contributed by atoms with Gasteiger partial charge in [-0.3, -0.25) is 4.57 Å². The van der Waals surface area contributed by atoms with Crippen LogP contribution in [0.25, 0.3) is 11.2 Å². The molecule has 2 heterocycles. The van der Waals surface area contributed by atoms with Gasteiger partial charge in [-0.2, -0.15) is 4.98 Å². The number of benzene rings is 1. The molecule has 0 saturated carbocycles. The summed E-state index contributed by atoms with van der Waals surface area (Å²) in [6.07, 6.45) is 0.548. The van der Waals surface area contributed by atoms with Crippen LogP contribution in [-0.4, -0.2) is 29.5 Å². The molecule has 8 nitrogen and oxygen atoms in total. The summed E-state index contributed by atoms with van der Waals surface area (Å²) in [5.74, 6) is 0.124. The van der Waals surface area contributed by atoms with Gasteiger partial charge in [0.05, 0.1) is 6.54 Å². The highest BCUT2D eigenvalue weighted by Crippen LogP contribution is 2.19. The van der Waals surface area contributed by atoms with Crippen LogP contribution in [0.3, 0.4) is 0 Å². The fraction of sp³-hybridized carbons (Fsp3) is 0.267. The number of imidazole rings is 1. The Labute approximate surface area is 149 Å². The van der Waals surface area contributed by atoms with Crippen LogP contribution < -0.4 is 11.4 Å². The van der Waals surface area contributed by atoms with E-state index in [1.165, 1.54) is 4.57 Å². The Hall–Kier alpha value is -2.39. The van der Waals surface area contributed by atoms with E-state index >= 15 is 0 Å². The van der Waals surface area contributed by atoms with Crippen molar-refractivity contribution in [2.24, 2.45) is 0 Å². The predicted molar refractivity (Wildman–Crippen MR) is 97.4 cm³/mol. The van der Waals surface area contributed by atoms with E-state index in [1.807, 2.05) is 13.0 Å². The molecule has 3 aromatic rings. The van der Waals surface area contributed by atoms with Crippen LogP contribution in [0.4, 0.5) is 5.82 Å². The molecule has 25 heavy (non-hydrogen) atoms. The summed E-state index contributed by atoms with van der Waals surface area (Å²) < 4.78 is 21.8. The third kappa shape index (κ3) is 3.38. The maximum absolute atomic E-state index is 12.5. The number of aromatic amines is 1. The van der Waals surface area contributed by atoms with Gasteiger partial charge in [0.15, 0.2) is 11.5 Å². The lowest BCUT2D eigenvalue weighted by molar-refractivity contribution is 0.665. The molecule has 0 aliphatic rings. The summed E-state index contributed by atoms with van der Waals surface area (Å²) >= 11 is 5.98. The molecule has 0 saturated heterocycles. The zero-order valence-corrected chi connectivity index (χ0v) is 15.0. The first-order chi connectivity index (χ1) is 11.8. The molecular formula is C15H17ClN6O2S. The Morgan fingerprint density at radius 1 is 1.40 bits per heavy atom. The van der Waals surface area contributed by atoms with Crippen LogP contribution in [0, 0.1) is 4.78 Å². The predicted octanol–water partition coefficient (Wildman–Crippen LogP) is 2.22. The van der Waals surface area contributed by atoms with Crippen LogP contribution in [-0.2, 0) is 16.3 Å². The van der Waals surface area contributed by atoms with E-state index < -0.39 is 15.4 Å². The number of nitrogens with one attached hydrogen (secondary N) is 2. The van der Waals surface area contributed by atoms with Crippen LogP contribution in [0.2, 0.25) is 5.02 Å². The van der Waals surface area contributed by atoms with Crippen molar-refractivity contribution in [2.75, 3.05) is 11.5 Å².